The van der Waals surface area contributed by atoms with E-state index < -0.39 is 5.97 Å². The van der Waals surface area contributed by atoms with E-state index in [1.54, 1.807) is 25.1 Å². The Balaban J connectivity index is 1.48. The van der Waals surface area contributed by atoms with Gasteiger partial charge in [-0.05, 0) is 50.6 Å². The fourth-order valence-electron chi connectivity index (χ4n) is 3.87. The summed E-state index contributed by atoms with van der Waals surface area (Å²) in [6, 6.07) is 22.6. The summed E-state index contributed by atoms with van der Waals surface area (Å²) >= 11 is 0. The number of ketones is 1. The number of ether oxygens (including phenoxy) is 4. The zero-order valence-corrected chi connectivity index (χ0v) is 21.2. The van der Waals surface area contributed by atoms with Gasteiger partial charge in [-0.3, -0.25) is 4.79 Å². The second-order valence-corrected chi connectivity index (χ2v) is 8.44. The van der Waals surface area contributed by atoms with E-state index in [0.29, 0.717) is 22.8 Å². The summed E-state index contributed by atoms with van der Waals surface area (Å²) in [7, 11) is 0. The summed E-state index contributed by atoms with van der Waals surface area (Å²) in [5.74, 6) is 0.935. The fraction of sp³-hybridized carbons (Fsp3) is 0.233. The molecule has 0 saturated carbocycles. The first-order valence-corrected chi connectivity index (χ1v) is 12.1. The number of aromatic nitrogens is 1. The van der Waals surface area contributed by atoms with Gasteiger partial charge in [0.25, 0.3) is 0 Å². The first-order chi connectivity index (χ1) is 17.9. The maximum Gasteiger partial charge on any atom is 0.344 e. The molecule has 0 N–H and O–H groups in total. The standard InChI is InChI=1S/C30H29NO6/c1-4-34-29(33)19-37-30-20(2)8-7-10-23(30)17-36-28-16-25(14-15-26(28)21(3)32)35-18-24-13-12-22-9-5-6-11-27(22)31-24/h5-16H,4,17-19H2,1-3H3. The monoisotopic (exact) mass is 499 g/mol. The number of nitrogens with zero attached hydrogens (tertiary/aromatic N) is 1. The van der Waals surface area contributed by atoms with Crippen LogP contribution in [0.1, 0.15) is 41.0 Å². The smallest absolute Gasteiger partial charge is 0.344 e. The lowest BCUT2D eigenvalue weighted by Gasteiger charge is -2.16. The van der Waals surface area contributed by atoms with Crippen molar-refractivity contribution in [3.8, 4) is 17.2 Å². The molecular formula is C30H29NO6. The van der Waals surface area contributed by atoms with E-state index in [-0.39, 0.29) is 32.2 Å². The van der Waals surface area contributed by atoms with Gasteiger partial charge in [-0.1, -0.05) is 42.5 Å². The molecule has 0 amide bonds. The second-order valence-electron chi connectivity index (χ2n) is 8.44. The Hall–Kier alpha value is -4.39. The number of aryl methyl sites for hydroxylation is 1. The van der Waals surface area contributed by atoms with E-state index >= 15 is 0 Å². The van der Waals surface area contributed by atoms with E-state index in [1.807, 2.05) is 61.5 Å². The third kappa shape index (κ3) is 6.64. The first-order valence-electron chi connectivity index (χ1n) is 12.1. The van der Waals surface area contributed by atoms with Crippen LogP contribution in [0.2, 0.25) is 0 Å². The summed E-state index contributed by atoms with van der Waals surface area (Å²) in [5, 5.41) is 1.06. The molecule has 190 valence electrons. The maximum absolute atomic E-state index is 12.2. The zero-order chi connectivity index (χ0) is 26.2. The number of pyridine rings is 1. The van der Waals surface area contributed by atoms with Crippen LogP contribution in [0.5, 0.6) is 17.2 Å². The molecule has 0 spiro atoms. The Labute approximate surface area is 216 Å². The molecule has 1 aromatic heterocycles. The molecule has 4 aromatic rings. The van der Waals surface area contributed by atoms with Gasteiger partial charge >= 0.3 is 5.97 Å². The van der Waals surface area contributed by atoms with Crippen LogP contribution in [0.15, 0.2) is 72.8 Å². The molecule has 0 unspecified atom stereocenters. The van der Waals surface area contributed by atoms with Crippen molar-refractivity contribution in [2.24, 2.45) is 0 Å². The highest BCUT2D eigenvalue weighted by Gasteiger charge is 2.15. The predicted octanol–water partition coefficient (Wildman–Crippen LogP) is 5.85. The predicted molar refractivity (Wildman–Crippen MR) is 140 cm³/mol. The van der Waals surface area contributed by atoms with Crippen molar-refractivity contribution < 1.29 is 28.5 Å². The minimum atomic E-state index is -0.442. The van der Waals surface area contributed by atoms with Gasteiger partial charge in [0.15, 0.2) is 12.4 Å². The van der Waals surface area contributed by atoms with Crippen LogP contribution in [0.25, 0.3) is 10.9 Å². The van der Waals surface area contributed by atoms with Gasteiger partial charge < -0.3 is 18.9 Å². The van der Waals surface area contributed by atoms with Gasteiger partial charge in [0.2, 0.25) is 0 Å². The quantitative estimate of drug-likeness (QED) is 0.189. The van der Waals surface area contributed by atoms with E-state index in [9.17, 15) is 9.59 Å². The lowest BCUT2D eigenvalue weighted by molar-refractivity contribution is -0.145. The minimum absolute atomic E-state index is 0.124. The average molecular weight is 500 g/mol. The molecule has 7 nitrogen and oxygen atoms in total. The number of carbonyl (C=O) groups excluding carboxylic acids is 2. The number of hydrogen-bond acceptors (Lipinski definition) is 7. The number of carbonyl (C=O) groups is 2. The van der Waals surface area contributed by atoms with Crippen molar-refractivity contribution in [1.29, 1.82) is 0 Å². The van der Waals surface area contributed by atoms with Crippen molar-refractivity contribution in [2.75, 3.05) is 13.2 Å². The van der Waals surface area contributed by atoms with Crippen molar-refractivity contribution >= 4 is 22.7 Å². The first kappa shape index (κ1) is 25.7. The van der Waals surface area contributed by atoms with E-state index in [4.69, 9.17) is 18.9 Å². The summed E-state index contributed by atoms with van der Waals surface area (Å²) in [6.45, 7) is 5.62. The lowest BCUT2D eigenvalue weighted by atomic mass is 10.1. The summed E-state index contributed by atoms with van der Waals surface area (Å²) in [5.41, 5.74) is 3.74. The molecule has 4 rings (SSSR count). The van der Waals surface area contributed by atoms with Crippen molar-refractivity contribution in [3.63, 3.8) is 0 Å². The summed E-state index contributed by atoms with van der Waals surface area (Å²) in [6.07, 6.45) is 0. The van der Waals surface area contributed by atoms with Crippen LogP contribution in [0.4, 0.5) is 0 Å². The second kappa shape index (κ2) is 12.0. The topological polar surface area (TPSA) is 84.0 Å². The zero-order valence-electron chi connectivity index (χ0n) is 21.2. The number of Topliss-reactive ketones (excluding diaryl/α,β-unsaturated/α-hetero) is 1. The Morgan fingerprint density at radius 1 is 0.865 bits per heavy atom. The van der Waals surface area contributed by atoms with Crippen LogP contribution < -0.4 is 14.2 Å². The molecule has 0 aliphatic rings. The third-order valence-corrected chi connectivity index (χ3v) is 5.69. The Morgan fingerprint density at radius 2 is 1.70 bits per heavy atom. The molecule has 7 heteroatoms. The normalized spacial score (nSPS) is 10.7. The highest BCUT2D eigenvalue weighted by Crippen LogP contribution is 2.29. The van der Waals surface area contributed by atoms with Crippen LogP contribution in [-0.4, -0.2) is 30.0 Å². The van der Waals surface area contributed by atoms with Gasteiger partial charge in [-0.2, -0.15) is 0 Å². The fourth-order valence-corrected chi connectivity index (χ4v) is 3.87. The molecule has 0 aliphatic heterocycles. The van der Waals surface area contributed by atoms with Gasteiger partial charge in [-0.25, -0.2) is 9.78 Å². The molecule has 0 saturated heterocycles. The van der Waals surface area contributed by atoms with Crippen molar-refractivity contribution in [1.82, 2.24) is 4.98 Å². The van der Waals surface area contributed by atoms with Crippen molar-refractivity contribution in [3.05, 3.63) is 95.2 Å². The van der Waals surface area contributed by atoms with E-state index in [1.165, 1.54) is 6.92 Å². The maximum atomic E-state index is 12.2. The molecule has 0 aliphatic carbocycles. The Kier molecular flexibility index (Phi) is 8.36. The van der Waals surface area contributed by atoms with Crippen LogP contribution in [0, 0.1) is 6.92 Å². The van der Waals surface area contributed by atoms with Crippen LogP contribution in [0.3, 0.4) is 0 Å². The molecule has 37 heavy (non-hydrogen) atoms. The van der Waals surface area contributed by atoms with Gasteiger partial charge in [-0.15, -0.1) is 0 Å². The molecular weight excluding hydrogens is 470 g/mol. The number of benzene rings is 3. The van der Waals surface area contributed by atoms with Crippen LogP contribution in [-0.2, 0) is 22.7 Å². The van der Waals surface area contributed by atoms with E-state index in [0.717, 1.165) is 27.7 Å². The number of para-hydroxylation sites is 2. The molecule has 0 atom stereocenters. The summed E-state index contributed by atoms with van der Waals surface area (Å²) in [4.78, 5) is 28.7. The Morgan fingerprint density at radius 3 is 2.51 bits per heavy atom. The van der Waals surface area contributed by atoms with E-state index in [2.05, 4.69) is 4.98 Å². The molecule has 3 aromatic carbocycles. The molecule has 0 fully saturated rings. The summed E-state index contributed by atoms with van der Waals surface area (Å²) < 4.78 is 22.7. The largest absolute Gasteiger partial charge is 0.488 e. The number of rotatable bonds is 11. The molecule has 1 heterocycles. The minimum Gasteiger partial charge on any atom is -0.488 e. The highest BCUT2D eigenvalue weighted by molar-refractivity contribution is 5.97. The number of fused-ring (bicyclic) bond motifs is 1. The third-order valence-electron chi connectivity index (χ3n) is 5.69. The Bertz CT molecular complexity index is 1410. The van der Waals surface area contributed by atoms with Gasteiger partial charge in [0, 0.05) is 17.0 Å². The SMILES string of the molecule is CCOC(=O)COc1c(C)cccc1COc1cc(OCc2ccc3ccccc3n2)ccc1C(C)=O. The van der Waals surface area contributed by atoms with Crippen molar-refractivity contribution in [2.45, 2.75) is 34.0 Å². The molecule has 0 bridgehead atoms. The lowest BCUT2D eigenvalue weighted by Crippen LogP contribution is -2.16. The van der Waals surface area contributed by atoms with Crippen LogP contribution >= 0.6 is 0 Å². The average Bonchev–Trinajstić information content (AvgIpc) is 2.90. The number of esters is 1. The van der Waals surface area contributed by atoms with Gasteiger partial charge in [0.1, 0.15) is 30.5 Å². The number of hydrogen-bond donors (Lipinski definition) is 0. The highest BCUT2D eigenvalue weighted by atomic mass is 16.6. The molecule has 0 radical (unpaired) electrons. The van der Waals surface area contributed by atoms with Gasteiger partial charge in [0.05, 0.1) is 23.4 Å².